The molecule has 0 amide bonds. The van der Waals surface area contributed by atoms with Crippen LogP contribution >= 0.6 is 11.6 Å². The molecule has 5 aromatic rings. The smallest absolute Gasteiger partial charge is 0.118 e. The molecule has 230 valence electrons. The highest BCUT2D eigenvalue weighted by molar-refractivity contribution is 6.33. The average molecular weight is 607 g/mol. The molecule has 4 aromatic carbocycles. The molecule has 0 aliphatic rings. The van der Waals surface area contributed by atoms with Crippen molar-refractivity contribution in [2.75, 3.05) is 11.9 Å². The third-order valence-corrected chi connectivity index (χ3v) is 8.03. The summed E-state index contributed by atoms with van der Waals surface area (Å²) >= 11 is 6.67. The monoisotopic (exact) mass is 606 g/mol. The van der Waals surface area contributed by atoms with Crippen LogP contribution in [0.5, 0.6) is 0 Å². The second kappa shape index (κ2) is 13.8. The molecule has 0 atom stereocenters. The number of aryl methyl sites for hydroxylation is 1. The van der Waals surface area contributed by atoms with Crippen LogP contribution in [0.25, 0.3) is 28.1 Å². The average Bonchev–Trinajstić information content (AvgIpc) is 3.41. The first-order valence-corrected chi connectivity index (χ1v) is 15.9. The summed E-state index contributed by atoms with van der Waals surface area (Å²) in [6, 6.07) is 32.2. The molecule has 0 fully saturated rings. The van der Waals surface area contributed by atoms with E-state index in [1.165, 1.54) is 22.3 Å². The van der Waals surface area contributed by atoms with E-state index in [0.717, 1.165) is 34.0 Å². The minimum atomic E-state index is -0.183. The van der Waals surface area contributed by atoms with E-state index in [1.807, 2.05) is 26.8 Å². The number of imidazole rings is 1. The van der Waals surface area contributed by atoms with Crippen molar-refractivity contribution in [3.05, 3.63) is 125 Å². The second-order valence-electron chi connectivity index (χ2n) is 12.9. The Morgan fingerprint density at radius 1 is 0.795 bits per heavy atom. The van der Waals surface area contributed by atoms with Gasteiger partial charge in [-0.1, -0.05) is 107 Å². The topological polar surface area (TPSA) is 55.9 Å². The van der Waals surface area contributed by atoms with Crippen LogP contribution in [0, 0.1) is 6.92 Å². The van der Waals surface area contributed by atoms with E-state index in [4.69, 9.17) is 22.3 Å². The molecule has 0 aliphatic carbocycles. The van der Waals surface area contributed by atoms with Gasteiger partial charge in [-0.3, -0.25) is 0 Å². The van der Waals surface area contributed by atoms with E-state index in [2.05, 4.69) is 136 Å². The molecule has 0 radical (unpaired) electrons. The molecule has 1 heterocycles. The Morgan fingerprint density at radius 2 is 1.39 bits per heavy atom. The Kier molecular flexibility index (Phi) is 10.4. The molecule has 3 N–H and O–H groups in total. The highest BCUT2D eigenvalue weighted by Crippen LogP contribution is 2.31. The predicted octanol–water partition coefficient (Wildman–Crippen LogP) is 10.2. The zero-order valence-electron chi connectivity index (χ0n) is 27.5. The molecule has 0 unspecified atom stereocenters. The fourth-order valence-electron chi connectivity index (χ4n) is 5.03. The molecule has 44 heavy (non-hydrogen) atoms. The molecule has 1 aromatic heterocycles. The van der Waals surface area contributed by atoms with Crippen LogP contribution in [0.3, 0.4) is 0 Å². The zero-order chi connectivity index (χ0) is 32.1. The van der Waals surface area contributed by atoms with Crippen LogP contribution in [0.4, 0.5) is 5.69 Å². The standard InChI is InChI=1S/C37H41ClN4.C2H6/c1-25-7-20-32(33(38)21-25)34-23-42(31-18-16-30(17-19-31)41-37(5,6)24-39)35(40-34)22-26-8-10-27(11-9-26)28-12-14-29(15-13-28)36(2,3)4;1-2/h7-21,23,41H,22,24,39H2,1-6H3;1-2H3. The molecular weight excluding hydrogens is 560 g/mol. The molecule has 4 nitrogen and oxygen atoms in total. The number of nitrogens with two attached hydrogens (primary N) is 1. The van der Waals surface area contributed by atoms with Crippen LogP contribution in [0.15, 0.2) is 97.2 Å². The molecule has 0 saturated heterocycles. The van der Waals surface area contributed by atoms with Crippen LogP contribution in [-0.4, -0.2) is 21.6 Å². The maximum absolute atomic E-state index is 6.67. The third-order valence-electron chi connectivity index (χ3n) is 7.72. The summed E-state index contributed by atoms with van der Waals surface area (Å²) in [6.45, 7) is 17.5. The van der Waals surface area contributed by atoms with Crippen molar-refractivity contribution in [3.63, 3.8) is 0 Å². The van der Waals surface area contributed by atoms with Crippen LogP contribution in [0.1, 0.15) is 71.0 Å². The Balaban J connectivity index is 0.00000216. The molecule has 5 rings (SSSR count). The fraction of sp³-hybridized carbons (Fsp3) is 0.308. The number of nitrogens with zero attached hydrogens (tertiary/aromatic N) is 2. The summed E-state index contributed by atoms with van der Waals surface area (Å²) in [5.74, 6) is 0.951. The van der Waals surface area contributed by atoms with E-state index in [1.54, 1.807) is 0 Å². The first kappa shape index (κ1) is 33.0. The normalized spacial score (nSPS) is 11.6. The van der Waals surface area contributed by atoms with Crippen molar-refractivity contribution in [3.8, 4) is 28.1 Å². The van der Waals surface area contributed by atoms with Gasteiger partial charge in [0.25, 0.3) is 0 Å². The molecule has 5 heteroatoms. The van der Waals surface area contributed by atoms with Crippen molar-refractivity contribution >= 4 is 17.3 Å². The highest BCUT2D eigenvalue weighted by Gasteiger charge is 2.17. The summed E-state index contributed by atoms with van der Waals surface area (Å²) in [5, 5.41) is 4.21. The van der Waals surface area contributed by atoms with E-state index in [0.29, 0.717) is 18.0 Å². The van der Waals surface area contributed by atoms with E-state index < -0.39 is 0 Å². The van der Waals surface area contributed by atoms with E-state index >= 15 is 0 Å². The lowest BCUT2D eigenvalue weighted by Gasteiger charge is -2.25. The van der Waals surface area contributed by atoms with Gasteiger partial charge in [-0.15, -0.1) is 0 Å². The van der Waals surface area contributed by atoms with Gasteiger partial charge in [-0.25, -0.2) is 4.98 Å². The predicted molar refractivity (Wildman–Crippen MR) is 190 cm³/mol. The number of nitrogens with one attached hydrogen (secondary N) is 1. The van der Waals surface area contributed by atoms with Gasteiger partial charge in [0.05, 0.1) is 10.7 Å². The van der Waals surface area contributed by atoms with Crippen molar-refractivity contribution in [1.82, 2.24) is 9.55 Å². The number of halogens is 1. The zero-order valence-corrected chi connectivity index (χ0v) is 28.3. The van der Waals surface area contributed by atoms with Gasteiger partial charge in [0.2, 0.25) is 0 Å². The van der Waals surface area contributed by atoms with Gasteiger partial charge < -0.3 is 15.6 Å². The van der Waals surface area contributed by atoms with Crippen molar-refractivity contribution < 1.29 is 0 Å². The summed E-state index contributed by atoms with van der Waals surface area (Å²) in [5.41, 5.74) is 15.8. The number of aromatic nitrogens is 2. The van der Waals surface area contributed by atoms with Crippen molar-refractivity contribution in [2.24, 2.45) is 5.73 Å². The molecular formula is C39H47ClN4. The van der Waals surface area contributed by atoms with E-state index in [-0.39, 0.29) is 11.0 Å². The Bertz CT molecular complexity index is 1660. The number of hydrogen-bond donors (Lipinski definition) is 2. The number of hydrogen-bond acceptors (Lipinski definition) is 3. The van der Waals surface area contributed by atoms with Crippen LogP contribution < -0.4 is 11.1 Å². The maximum atomic E-state index is 6.67. The Labute approximate surface area is 269 Å². The van der Waals surface area contributed by atoms with Gasteiger partial charge in [0.1, 0.15) is 5.82 Å². The van der Waals surface area contributed by atoms with Crippen molar-refractivity contribution in [1.29, 1.82) is 0 Å². The van der Waals surface area contributed by atoms with Crippen LogP contribution in [0.2, 0.25) is 5.02 Å². The first-order valence-electron chi connectivity index (χ1n) is 15.6. The van der Waals surface area contributed by atoms with E-state index in [9.17, 15) is 0 Å². The van der Waals surface area contributed by atoms with Gasteiger partial charge >= 0.3 is 0 Å². The van der Waals surface area contributed by atoms with Crippen LogP contribution in [-0.2, 0) is 11.8 Å². The van der Waals surface area contributed by atoms with Crippen molar-refractivity contribution in [2.45, 2.75) is 72.8 Å². The largest absolute Gasteiger partial charge is 0.379 e. The third kappa shape index (κ3) is 7.99. The quantitative estimate of drug-likeness (QED) is 0.185. The fourth-order valence-corrected chi connectivity index (χ4v) is 5.36. The molecule has 0 saturated carbocycles. The highest BCUT2D eigenvalue weighted by atomic mass is 35.5. The second-order valence-corrected chi connectivity index (χ2v) is 13.3. The van der Waals surface area contributed by atoms with Gasteiger partial charge in [-0.05, 0) is 84.3 Å². The SMILES string of the molecule is CC.Cc1ccc(-c2cn(-c3ccc(NC(C)(C)CN)cc3)c(Cc3ccc(-c4ccc(C(C)(C)C)cc4)cc3)n2)c(Cl)c1. The van der Waals surface area contributed by atoms with Gasteiger partial charge in [0, 0.05) is 41.6 Å². The summed E-state index contributed by atoms with van der Waals surface area (Å²) < 4.78 is 2.17. The lowest BCUT2D eigenvalue weighted by molar-refractivity contribution is 0.580. The minimum Gasteiger partial charge on any atom is -0.379 e. The first-order chi connectivity index (χ1) is 20.9. The number of rotatable bonds is 8. The lowest BCUT2D eigenvalue weighted by Crippen LogP contribution is -2.39. The maximum Gasteiger partial charge on any atom is 0.118 e. The Morgan fingerprint density at radius 3 is 1.93 bits per heavy atom. The summed E-state index contributed by atoms with van der Waals surface area (Å²) in [7, 11) is 0. The van der Waals surface area contributed by atoms with Gasteiger partial charge in [-0.2, -0.15) is 0 Å². The summed E-state index contributed by atoms with van der Waals surface area (Å²) in [6.07, 6.45) is 2.77. The number of benzene rings is 4. The summed E-state index contributed by atoms with van der Waals surface area (Å²) in [4.78, 5) is 5.10. The number of anilines is 1. The Hall–Kier alpha value is -3.86. The van der Waals surface area contributed by atoms with Gasteiger partial charge in [0.15, 0.2) is 0 Å². The molecule has 0 bridgehead atoms. The minimum absolute atomic E-state index is 0.143. The molecule has 0 spiro atoms. The lowest BCUT2D eigenvalue weighted by atomic mass is 9.86. The molecule has 0 aliphatic heterocycles.